The van der Waals surface area contributed by atoms with Gasteiger partial charge in [0.1, 0.15) is 0 Å². The van der Waals surface area contributed by atoms with Crippen LogP contribution in [0.3, 0.4) is 0 Å². The van der Waals surface area contributed by atoms with E-state index in [1.54, 1.807) is 0 Å². The Kier molecular flexibility index (Phi) is 4.65. The van der Waals surface area contributed by atoms with Crippen LogP contribution < -0.4 is 5.32 Å². The third-order valence-electron chi connectivity index (χ3n) is 2.80. The molecule has 2 rings (SSSR count). The predicted octanol–water partition coefficient (Wildman–Crippen LogP) is 3.60. The zero-order valence-electron chi connectivity index (χ0n) is 10.6. The molecule has 0 bridgehead atoms. The molecule has 0 saturated carbocycles. The van der Waals surface area contributed by atoms with Crippen LogP contribution in [-0.4, -0.2) is 16.1 Å². The van der Waals surface area contributed by atoms with Crippen LogP contribution in [0.4, 0.5) is 5.95 Å². The normalized spacial score (nSPS) is 10.6. The summed E-state index contributed by atoms with van der Waals surface area (Å²) >= 11 is 5.87. The summed E-state index contributed by atoms with van der Waals surface area (Å²) in [7, 11) is 0. The summed E-state index contributed by atoms with van der Waals surface area (Å²) in [6.45, 7) is 4.03. The van der Waals surface area contributed by atoms with Gasteiger partial charge in [0.15, 0.2) is 0 Å². The van der Waals surface area contributed by atoms with E-state index in [-0.39, 0.29) is 0 Å². The van der Waals surface area contributed by atoms with Crippen molar-refractivity contribution in [2.24, 2.45) is 0 Å². The Balaban J connectivity index is 1.93. The third kappa shape index (κ3) is 3.50. The fraction of sp³-hybridized carbons (Fsp3) is 0.357. The Morgan fingerprint density at radius 2 is 2.06 bits per heavy atom. The van der Waals surface area contributed by atoms with E-state index in [9.17, 15) is 0 Å². The van der Waals surface area contributed by atoms with Crippen molar-refractivity contribution in [1.82, 2.24) is 9.55 Å². The molecule has 96 valence electrons. The molecule has 1 heterocycles. The number of hydrogen-bond acceptors (Lipinski definition) is 2. The van der Waals surface area contributed by atoms with Gasteiger partial charge in [0.05, 0.1) is 0 Å². The molecule has 1 aromatic carbocycles. The van der Waals surface area contributed by atoms with Crippen molar-refractivity contribution < 1.29 is 0 Å². The number of rotatable bonds is 6. The van der Waals surface area contributed by atoms with Crippen molar-refractivity contribution in [1.29, 1.82) is 0 Å². The number of aromatic nitrogens is 2. The quantitative estimate of drug-likeness (QED) is 0.863. The molecule has 0 atom stereocenters. The van der Waals surface area contributed by atoms with Crippen LogP contribution in [0.25, 0.3) is 0 Å². The van der Waals surface area contributed by atoms with Crippen molar-refractivity contribution >= 4 is 17.5 Å². The fourth-order valence-corrected chi connectivity index (χ4v) is 1.92. The lowest BCUT2D eigenvalue weighted by atomic mass is 10.1. The molecular formula is C14H18ClN3. The lowest BCUT2D eigenvalue weighted by Gasteiger charge is -2.09. The molecule has 0 radical (unpaired) electrons. The Morgan fingerprint density at radius 3 is 2.78 bits per heavy atom. The average molecular weight is 264 g/mol. The molecule has 0 aliphatic heterocycles. The minimum absolute atomic E-state index is 0.784. The van der Waals surface area contributed by atoms with Gasteiger partial charge in [-0.25, -0.2) is 4.98 Å². The monoisotopic (exact) mass is 263 g/mol. The number of imidazole rings is 1. The smallest absolute Gasteiger partial charge is 0.202 e. The maximum atomic E-state index is 5.87. The van der Waals surface area contributed by atoms with Gasteiger partial charge in [-0.3, -0.25) is 0 Å². The van der Waals surface area contributed by atoms with Gasteiger partial charge >= 0.3 is 0 Å². The van der Waals surface area contributed by atoms with Gasteiger partial charge in [-0.1, -0.05) is 30.7 Å². The van der Waals surface area contributed by atoms with Crippen LogP contribution in [0, 0.1) is 0 Å². The van der Waals surface area contributed by atoms with E-state index in [1.807, 2.05) is 24.5 Å². The Bertz CT molecular complexity index is 476. The van der Waals surface area contributed by atoms with Crippen LogP contribution >= 0.6 is 11.6 Å². The van der Waals surface area contributed by atoms with E-state index in [0.29, 0.717) is 0 Å². The lowest BCUT2D eigenvalue weighted by molar-refractivity contribution is 0.698. The zero-order chi connectivity index (χ0) is 12.8. The molecule has 18 heavy (non-hydrogen) atoms. The number of hydrogen-bond donors (Lipinski definition) is 1. The van der Waals surface area contributed by atoms with E-state index in [0.717, 1.165) is 36.9 Å². The van der Waals surface area contributed by atoms with Crippen molar-refractivity contribution in [3.8, 4) is 0 Å². The number of benzene rings is 1. The first-order chi connectivity index (χ1) is 8.79. The van der Waals surface area contributed by atoms with E-state index < -0.39 is 0 Å². The fourth-order valence-electron chi connectivity index (χ4n) is 1.79. The standard InChI is InChI=1S/C14H18ClN3/c1-2-8-16-14-17-9-11-18(14)10-7-12-3-5-13(15)6-4-12/h3-6,9,11H,2,7-8,10H2,1H3,(H,16,17). The van der Waals surface area contributed by atoms with E-state index in [2.05, 4.69) is 33.9 Å². The van der Waals surface area contributed by atoms with Crippen molar-refractivity contribution in [3.05, 3.63) is 47.2 Å². The van der Waals surface area contributed by atoms with Gasteiger partial charge in [-0.15, -0.1) is 0 Å². The van der Waals surface area contributed by atoms with E-state index in [4.69, 9.17) is 11.6 Å². The third-order valence-corrected chi connectivity index (χ3v) is 3.06. The summed E-state index contributed by atoms with van der Waals surface area (Å²) in [5, 5.41) is 4.10. The van der Waals surface area contributed by atoms with Crippen LogP contribution in [0.15, 0.2) is 36.7 Å². The summed E-state index contributed by atoms with van der Waals surface area (Å²) in [5.74, 6) is 0.950. The molecule has 0 unspecified atom stereocenters. The molecular weight excluding hydrogens is 246 g/mol. The first-order valence-electron chi connectivity index (χ1n) is 6.29. The predicted molar refractivity (Wildman–Crippen MR) is 76.2 cm³/mol. The molecule has 0 fully saturated rings. The summed E-state index contributed by atoms with van der Waals surface area (Å²) in [6, 6.07) is 8.00. The average Bonchev–Trinajstić information content (AvgIpc) is 2.83. The minimum Gasteiger partial charge on any atom is -0.356 e. The molecule has 0 amide bonds. The van der Waals surface area contributed by atoms with Crippen LogP contribution in [0.1, 0.15) is 18.9 Å². The highest BCUT2D eigenvalue weighted by Gasteiger charge is 2.01. The molecule has 0 aliphatic carbocycles. The van der Waals surface area contributed by atoms with Gasteiger partial charge in [0.25, 0.3) is 0 Å². The number of nitrogens with one attached hydrogen (secondary N) is 1. The largest absolute Gasteiger partial charge is 0.356 e. The first-order valence-corrected chi connectivity index (χ1v) is 6.67. The van der Waals surface area contributed by atoms with Crippen LogP contribution in [0.5, 0.6) is 0 Å². The summed E-state index contributed by atoms with van der Waals surface area (Å²) < 4.78 is 2.14. The number of halogens is 1. The highest BCUT2D eigenvalue weighted by atomic mass is 35.5. The van der Waals surface area contributed by atoms with Crippen LogP contribution in [0.2, 0.25) is 5.02 Å². The Labute approximate surface area is 113 Å². The summed E-state index contributed by atoms with van der Waals surface area (Å²) in [6.07, 6.45) is 5.92. The number of nitrogens with zero attached hydrogens (tertiary/aromatic N) is 2. The highest BCUT2D eigenvalue weighted by molar-refractivity contribution is 6.30. The molecule has 3 nitrogen and oxygen atoms in total. The van der Waals surface area contributed by atoms with Crippen LogP contribution in [-0.2, 0) is 13.0 Å². The topological polar surface area (TPSA) is 29.9 Å². The second kappa shape index (κ2) is 6.45. The van der Waals surface area contributed by atoms with Gasteiger partial charge in [-0.2, -0.15) is 0 Å². The molecule has 1 aromatic heterocycles. The molecule has 0 aliphatic rings. The summed E-state index contributed by atoms with van der Waals surface area (Å²) in [5.41, 5.74) is 1.29. The molecule has 0 spiro atoms. The van der Waals surface area contributed by atoms with Gasteiger partial charge < -0.3 is 9.88 Å². The lowest BCUT2D eigenvalue weighted by Crippen LogP contribution is -2.09. The van der Waals surface area contributed by atoms with E-state index in [1.165, 1.54) is 5.56 Å². The molecule has 0 saturated heterocycles. The summed E-state index contributed by atoms with van der Waals surface area (Å²) in [4.78, 5) is 4.31. The maximum absolute atomic E-state index is 5.87. The number of aryl methyl sites for hydroxylation is 2. The first kappa shape index (κ1) is 13.0. The van der Waals surface area contributed by atoms with Gasteiger partial charge in [-0.05, 0) is 30.5 Å². The maximum Gasteiger partial charge on any atom is 0.202 e. The molecule has 4 heteroatoms. The molecule has 1 N–H and O–H groups in total. The Morgan fingerprint density at radius 1 is 1.28 bits per heavy atom. The second-order valence-corrected chi connectivity index (χ2v) is 4.68. The molecule has 2 aromatic rings. The Hall–Kier alpha value is -1.48. The van der Waals surface area contributed by atoms with E-state index >= 15 is 0 Å². The minimum atomic E-state index is 0.784. The zero-order valence-corrected chi connectivity index (χ0v) is 11.3. The SMILES string of the molecule is CCCNc1nccn1CCc1ccc(Cl)cc1. The van der Waals surface area contributed by atoms with Gasteiger partial charge in [0, 0.05) is 30.5 Å². The van der Waals surface area contributed by atoms with Gasteiger partial charge in [0.2, 0.25) is 5.95 Å². The second-order valence-electron chi connectivity index (χ2n) is 4.25. The number of anilines is 1. The highest BCUT2D eigenvalue weighted by Crippen LogP contribution is 2.12. The van der Waals surface area contributed by atoms with Crippen molar-refractivity contribution in [2.75, 3.05) is 11.9 Å². The van der Waals surface area contributed by atoms with Crippen molar-refractivity contribution in [2.45, 2.75) is 26.3 Å². The van der Waals surface area contributed by atoms with Crippen molar-refractivity contribution in [3.63, 3.8) is 0 Å².